The lowest BCUT2D eigenvalue weighted by Crippen LogP contribution is -2.49. The Bertz CT molecular complexity index is 412. The molecule has 2 amide bonds. The maximum atomic E-state index is 12.8. The number of amides is 2. The molecular weight excluding hydrogens is 254 g/mol. The van der Waals surface area contributed by atoms with Gasteiger partial charge in [0.2, 0.25) is 11.8 Å². The second kappa shape index (κ2) is 5.35. The molecular formula is C15H25N3O2. The zero-order chi connectivity index (χ0) is 14.2. The van der Waals surface area contributed by atoms with Crippen LogP contribution in [0.5, 0.6) is 0 Å². The van der Waals surface area contributed by atoms with Crippen LogP contribution in [-0.4, -0.2) is 42.9 Å². The van der Waals surface area contributed by atoms with Gasteiger partial charge in [-0.1, -0.05) is 6.42 Å². The lowest BCUT2D eigenvalue weighted by Gasteiger charge is -2.40. The Hall–Kier alpha value is -1.10. The van der Waals surface area contributed by atoms with Gasteiger partial charge in [0.05, 0.1) is 0 Å². The number of carbonyl (C=O) groups is 2. The molecule has 1 saturated carbocycles. The van der Waals surface area contributed by atoms with E-state index in [4.69, 9.17) is 5.73 Å². The highest BCUT2D eigenvalue weighted by molar-refractivity contribution is 5.81. The number of nitrogens with zero attached hydrogens (tertiary/aromatic N) is 1. The Morgan fingerprint density at radius 2 is 2.25 bits per heavy atom. The maximum Gasteiger partial charge on any atom is 0.226 e. The molecule has 1 aliphatic carbocycles. The van der Waals surface area contributed by atoms with Crippen molar-refractivity contribution in [2.45, 2.75) is 38.5 Å². The van der Waals surface area contributed by atoms with Gasteiger partial charge >= 0.3 is 0 Å². The van der Waals surface area contributed by atoms with E-state index in [1.165, 1.54) is 0 Å². The molecule has 5 nitrogen and oxygen atoms in total. The van der Waals surface area contributed by atoms with Crippen molar-refractivity contribution in [3.05, 3.63) is 0 Å². The number of likely N-dealkylation sites (tertiary alicyclic amines) is 1. The molecule has 3 N–H and O–H groups in total. The van der Waals surface area contributed by atoms with Crippen molar-refractivity contribution in [1.29, 1.82) is 0 Å². The highest BCUT2D eigenvalue weighted by Gasteiger charge is 2.44. The van der Waals surface area contributed by atoms with E-state index in [0.29, 0.717) is 18.9 Å². The van der Waals surface area contributed by atoms with Crippen molar-refractivity contribution in [3.63, 3.8) is 0 Å². The molecule has 3 atom stereocenters. The number of nitrogens with one attached hydrogen (secondary N) is 1. The number of rotatable bonds is 2. The van der Waals surface area contributed by atoms with Gasteiger partial charge in [-0.05, 0) is 38.1 Å². The lowest BCUT2D eigenvalue weighted by molar-refractivity contribution is -0.140. The van der Waals surface area contributed by atoms with Crippen LogP contribution in [0.3, 0.4) is 0 Å². The number of piperidine rings is 1. The molecule has 20 heavy (non-hydrogen) atoms. The van der Waals surface area contributed by atoms with Crippen LogP contribution < -0.4 is 11.1 Å². The zero-order valence-corrected chi connectivity index (χ0v) is 12.1. The molecule has 2 heterocycles. The third-order valence-electron chi connectivity index (χ3n) is 5.45. The van der Waals surface area contributed by atoms with Crippen LogP contribution in [-0.2, 0) is 9.59 Å². The van der Waals surface area contributed by atoms with Gasteiger partial charge in [0.15, 0.2) is 0 Å². The summed E-state index contributed by atoms with van der Waals surface area (Å²) in [5.74, 6) is 0.917. The van der Waals surface area contributed by atoms with Crippen molar-refractivity contribution in [1.82, 2.24) is 10.2 Å². The van der Waals surface area contributed by atoms with Crippen molar-refractivity contribution in [2.24, 2.45) is 23.0 Å². The van der Waals surface area contributed by atoms with Gasteiger partial charge in [0.1, 0.15) is 0 Å². The standard InChI is InChI=1S/C15H25N3O2/c16-8-11-3-1-4-12(11)14(20)18-6-2-5-15(10-18)7-13(19)17-9-15/h11-12H,1-10,16H2,(H,17,19)/t11-,12-,15?/m1/s1. The minimum atomic E-state index is 0.00179. The fourth-order valence-electron chi connectivity index (χ4n) is 4.31. The van der Waals surface area contributed by atoms with Crippen LogP contribution in [0, 0.1) is 17.3 Å². The average molecular weight is 279 g/mol. The van der Waals surface area contributed by atoms with Gasteiger partial charge in [-0.25, -0.2) is 0 Å². The Morgan fingerprint density at radius 3 is 2.95 bits per heavy atom. The molecule has 0 bridgehead atoms. The van der Waals surface area contributed by atoms with Crippen LogP contribution in [0.4, 0.5) is 0 Å². The Morgan fingerprint density at radius 1 is 1.40 bits per heavy atom. The maximum absolute atomic E-state index is 12.8. The molecule has 3 aliphatic rings. The first-order valence-corrected chi connectivity index (χ1v) is 7.89. The second-order valence-electron chi connectivity index (χ2n) is 6.85. The van der Waals surface area contributed by atoms with Gasteiger partial charge < -0.3 is 16.0 Å². The topological polar surface area (TPSA) is 75.4 Å². The van der Waals surface area contributed by atoms with Gasteiger partial charge in [-0.3, -0.25) is 9.59 Å². The van der Waals surface area contributed by atoms with Crippen molar-refractivity contribution >= 4 is 11.8 Å². The van der Waals surface area contributed by atoms with Crippen LogP contribution >= 0.6 is 0 Å². The fraction of sp³-hybridized carbons (Fsp3) is 0.867. The summed E-state index contributed by atoms with van der Waals surface area (Å²) in [5.41, 5.74) is 5.80. The van der Waals surface area contributed by atoms with Gasteiger partial charge in [-0.2, -0.15) is 0 Å². The van der Waals surface area contributed by atoms with E-state index in [-0.39, 0.29) is 23.1 Å². The highest BCUT2D eigenvalue weighted by Crippen LogP contribution is 2.38. The molecule has 2 saturated heterocycles. The lowest BCUT2D eigenvalue weighted by atomic mass is 9.78. The fourth-order valence-corrected chi connectivity index (χ4v) is 4.31. The van der Waals surface area contributed by atoms with Crippen molar-refractivity contribution < 1.29 is 9.59 Å². The predicted molar refractivity (Wildman–Crippen MR) is 75.8 cm³/mol. The van der Waals surface area contributed by atoms with Crippen LogP contribution in [0.25, 0.3) is 0 Å². The normalized spacial score (nSPS) is 37.5. The molecule has 3 rings (SSSR count). The summed E-state index contributed by atoms with van der Waals surface area (Å²) >= 11 is 0. The average Bonchev–Trinajstić information content (AvgIpc) is 3.05. The molecule has 1 unspecified atom stereocenters. The molecule has 2 aliphatic heterocycles. The van der Waals surface area contributed by atoms with E-state index in [0.717, 1.165) is 51.7 Å². The van der Waals surface area contributed by atoms with E-state index >= 15 is 0 Å². The van der Waals surface area contributed by atoms with E-state index in [1.807, 2.05) is 4.90 Å². The Kier molecular flexibility index (Phi) is 3.71. The van der Waals surface area contributed by atoms with Gasteiger partial charge in [0, 0.05) is 37.4 Å². The summed E-state index contributed by atoms with van der Waals surface area (Å²) in [6.07, 6.45) is 5.85. The number of nitrogens with two attached hydrogens (primary N) is 1. The first-order chi connectivity index (χ1) is 9.63. The number of hydrogen-bond donors (Lipinski definition) is 2. The summed E-state index contributed by atoms with van der Waals surface area (Å²) in [6, 6.07) is 0. The van der Waals surface area contributed by atoms with Crippen molar-refractivity contribution in [2.75, 3.05) is 26.2 Å². The molecule has 0 radical (unpaired) electrons. The van der Waals surface area contributed by atoms with Crippen LogP contribution in [0.2, 0.25) is 0 Å². The molecule has 0 aromatic heterocycles. The number of carbonyl (C=O) groups excluding carboxylic acids is 2. The number of hydrogen-bond acceptors (Lipinski definition) is 3. The quantitative estimate of drug-likeness (QED) is 0.772. The minimum Gasteiger partial charge on any atom is -0.355 e. The van der Waals surface area contributed by atoms with Gasteiger partial charge in [-0.15, -0.1) is 0 Å². The SMILES string of the molecule is NC[C@H]1CCC[C@H]1C(=O)N1CCCC2(CNC(=O)C2)C1. The Balaban J connectivity index is 1.67. The van der Waals surface area contributed by atoms with E-state index in [9.17, 15) is 9.59 Å². The molecule has 0 aromatic rings. The van der Waals surface area contributed by atoms with E-state index < -0.39 is 0 Å². The highest BCUT2D eigenvalue weighted by atomic mass is 16.2. The third-order valence-corrected chi connectivity index (χ3v) is 5.45. The first kappa shape index (κ1) is 13.9. The summed E-state index contributed by atoms with van der Waals surface area (Å²) in [4.78, 5) is 26.3. The van der Waals surface area contributed by atoms with Crippen LogP contribution in [0.15, 0.2) is 0 Å². The third kappa shape index (κ3) is 2.43. The largest absolute Gasteiger partial charge is 0.355 e. The van der Waals surface area contributed by atoms with E-state index in [1.54, 1.807) is 0 Å². The second-order valence-corrected chi connectivity index (χ2v) is 6.85. The predicted octanol–water partition coefficient (Wildman–Crippen LogP) is 0.490. The van der Waals surface area contributed by atoms with Crippen LogP contribution in [0.1, 0.15) is 38.5 Å². The molecule has 3 fully saturated rings. The molecule has 0 aromatic carbocycles. The van der Waals surface area contributed by atoms with Crippen molar-refractivity contribution in [3.8, 4) is 0 Å². The molecule has 1 spiro atoms. The first-order valence-electron chi connectivity index (χ1n) is 7.89. The summed E-state index contributed by atoms with van der Waals surface area (Å²) in [7, 11) is 0. The smallest absolute Gasteiger partial charge is 0.226 e. The Labute approximate surface area is 120 Å². The zero-order valence-electron chi connectivity index (χ0n) is 12.1. The molecule has 5 heteroatoms. The minimum absolute atomic E-state index is 0.00179. The van der Waals surface area contributed by atoms with Gasteiger partial charge in [0.25, 0.3) is 0 Å². The summed E-state index contributed by atoms with van der Waals surface area (Å²) in [6.45, 7) is 2.96. The molecule has 112 valence electrons. The summed E-state index contributed by atoms with van der Waals surface area (Å²) < 4.78 is 0. The van der Waals surface area contributed by atoms with E-state index in [2.05, 4.69) is 5.32 Å². The monoisotopic (exact) mass is 279 g/mol. The summed E-state index contributed by atoms with van der Waals surface area (Å²) in [5, 5.41) is 2.93.